The van der Waals surface area contributed by atoms with Gasteiger partial charge in [-0.05, 0) is 18.2 Å². The lowest BCUT2D eigenvalue weighted by atomic mass is 10.0. The number of ether oxygens (including phenoxy) is 1. The summed E-state index contributed by atoms with van der Waals surface area (Å²) in [6.45, 7) is 7.70. The molecule has 0 unspecified atom stereocenters. The lowest BCUT2D eigenvalue weighted by Gasteiger charge is -2.18. The molecule has 0 aliphatic heterocycles. The molecule has 2 nitrogen and oxygen atoms in total. The van der Waals surface area contributed by atoms with Crippen LogP contribution in [-0.2, 0) is 11.5 Å². The first kappa shape index (κ1) is 19.4. The molecule has 0 saturated heterocycles. The first-order valence-corrected chi connectivity index (χ1v) is 12.2. The fourth-order valence-electron chi connectivity index (χ4n) is 2.33. The van der Waals surface area contributed by atoms with Crippen LogP contribution in [0.2, 0.25) is 35.7 Å². The predicted molar refractivity (Wildman–Crippen MR) is 99.0 cm³/mol. The highest BCUT2D eigenvalue weighted by Gasteiger charge is 2.22. The van der Waals surface area contributed by atoms with E-state index < -0.39 is 14.5 Å². The van der Waals surface area contributed by atoms with Crippen LogP contribution in [0.1, 0.15) is 12.0 Å². The van der Waals surface area contributed by atoms with E-state index in [1.165, 1.54) is 12.1 Å². The highest BCUT2D eigenvalue weighted by atomic mass is 35.5. The summed E-state index contributed by atoms with van der Waals surface area (Å²) in [4.78, 5) is 0. The van der Waals surface area contributed by atoms with E-state index in [2.05, 4.69) is 19.6 Å². The Labute approximate surface area is 152 Å². The zero-order valence-electron chi connectivity index (χ0n) is 14.0. The number of nitrogens with zero attached hydrogens (tertiary/aromatic N) is 1. The number of alkyl halides is 2. The minimum atomic E-state index is -2.63. The van der Waals surface area contributed by atoms with E-state index in [0.29, 0.717) is 17.3 Å². The summed E-state index contributed by atoms with van der Waals surface area (Å²) in [6.07, 6.45) is -0.906. The molecule has 1 aromatic heterocycles. The van der Waals surface area contributed by atoms with Gasteiger partial charge < -0.3 is 9.30 Å². The van der Waals surface area contributed by atoms with E-state index in [4.69, 9.17) is 27.9 Å². The average Bonchev–Trinajstić information content (AvgIpc) is 2.83. The fraction of sp³-hybridized carbons (Fsp3) is 0.412. The zero-order valence-corrected chi connectivity index (χ0v) is 16.5. The van der Waals surface area contributed by atoms with E-state index in [-0.39, 0.29) is 22.9 Å². The van der Waals surface area contributed by atoms with Gasteiger partial charge in [0.1, 0.15) is 6.73 Å². The van der Waals surface area contributed by atoms with Crippen LogP contribution in [0.4, 0.5) is 8.78 Å². The molecule has 0 amide bonds. The molecule has 2 rings (SSSR count). The molecule has 0 N–H and O–H groups in total. The lowest BCUT2D eigenvalue weighted by molar-refractivity contribution is 0.0884. The highest BCUT2D eigenvalue weighted by molar-refractivity contribution is 6.76. The van der Waals surface area contributed by atoms with Crippen molar-refractivity contribution >= 4 is 31.3 Å². The number of halogens is 4. The number of aromatic nitrogens is 1. The second-order valence-corrected chi connectivity index (χ2v) is 13.3. The van der Waals surface area contributed by atoms with Gasteiger partial charge in [0.2, 0.25) is 0 Å². The number of hydrogen-bond donors (Lipinski definition) is 0. The summed E-state index contributed by atoms with van der Waals surface area (Å²) < 4.78 is 34.2. The third-order valence-electron chi connectivity index (χ3n) is 3.66. The van der Waals surface area contributed by atoms with Crippen LogP contribution < -0.4 is 0 Å². The molecule has 0 aliphatic carbocycles. The zero-order chi connectivity index (χ0) is 17.9. The van der Waals surface area contributed by atoms with E-state index in [9.17, 15) is 8.78 Å². The van der Waals surface area contributed by atoms with Crippen molar-refractivity contribution in [2.75, 3.05) is 6.61 Å². The largest absolute Gasteiger partial charge is 0.361 e. The first-order chi connectivity index (χ1) is 11.2. The van der Waals surface area contributed by atoms with Gasteiger partial charge >= 0.3 is 0 Å². The Balaban J connectivity index is 2.28. The molecule has 0 saturated carbocycles. The van der Waals surface area contributed by atoms with Crippen molar-refractivity contribution in [3.8, 4) is 11.3 Å². The van der Waals surface area contributed by atoms with Crippen LogP contribution in [0.15, 0.2) is 30.5 Å². The Hall–Kier alpha value is -0.883. The number of rotatable bonds is 7. The predicted octanol–water partition coefficient (Wildman–Crippen LogP) is 6.71. The van der Waals surface area contributed by atoms with Crippen LogP contribution in [0.5, 0.6) is 0 Å². The van der Waals surface area contributed by atoms with E-state index in [1.807, 2.05) is 0 Å². The Morgan fingerprint density at radius 1 is 1.12 bits per heavy atom. The van der Waals surface area contributed by atoms with Gasteiger partial charge in [0, 0.05) is 32.0 Å². The van der Waals surface area contributed by atoms with Crippen molar-refractivity contribution in [2.24, 2.45) is 0 Å². The van der Waals surface area contributed by atoms with Gasteiger partial charge in [-0.2, -0.15) is 0 Å². The van der Waals surface area contributed by atoms with Crippen molar-refractivity contribution in [2.45, 2.75) is 38.8 Å². The molecule has 0 fully saturated rings. The maximum atomic E-state index is 13.4. The minimum Gasteiger partial charge on any atom is -0.361 e. The molecule has 0 aliphatic rings. The van der Waals surface area contributed by atoms with Crippen molar-refractivity contribution < 1.29 is 13.5 Å². The molecular formula is C17H21Cl2F2NOSi. The smallest absolute Gasteiger partial charge is 0.264 e. The lowest BCUT2D eigenvalue weighted by Crippen LogP contribution is -2.22. The average molecular weight is 392 g/mol. The molecule has 1 aromatic carbocycles. The Morgan fingerprint density at radius 2 is 1.83 bits per heavy atom. The standard InChI is InChI=1S/C17H21Cl2F2NOSi/c1-24(2,3)10-9-23-11-22-8-7-14(19)16(22)15-12(17(20)21)5-4-6-13(15)18/h4-8,17H,9-11H2,1-3H3. The Morgan fingerprint density at radius 3 is 2.46 bits per heavy atom. The summed E-state index contributed by atoms with van der Waals surface area (Å²) in [5, 5.41) is 0.621. The quantitative estimate of drug-likeness (QED) is 0.377. The molecule has 1 heterocycles. The Bertz CT molecular complexity index is 698. The molecule has 24 heavy (non-hydrogen) atoms. The molecule has 7 heteroatoms. The van der Waals surface area contributed by atoms with Crippen molar-refractivity contribution in [3.63, 3.8) is 0 Å². The minimum absolute atomic E-state index is 0.133. The Kier molecular flexibility index (Phi) is 6.48. The van der Waals surface area contributed by atoms with Crippen LogP contribution in [0.25, 0.3) is 11.3 Å². The van der Waals surface area contributed by atoms with Gasteiger partial charge in [-0.3, -0.25) is 0 Å². The fourth-order valence-corrected chi connectivity index (χ4v) is 3.62. The van der Waals surface area contributed by atoms with Gasteiger partial charge in [0.25, 0.3) is 6.43 Å². The van der Waals surface area contributed by atoms with Crippen LogP contribution >= 0.6 is 23.2 Å². The van der Waals surface area contributed by atoms with Gasteiger partial charge in [-0.25, -0.2) is 8.78 Å². The van der Waals surface area contributed by atoms with Crippen molar-refractivity contribution in [1.29, 1.82) is 0 Å². The third-order valence-corrected chi connectivity index (χ3v) is 5.98. The summed E-state index contributed by atoms with van der Waals surface area (Å²) in [6, 6.07) is 7.16. The first-order valence-electron chi connectivity index (χ1n) is 7.70. The maximum Gasteiger partial charge on any atom is 0.264 e. The summed E-state index contributed by atoms with van der Waals surface area (Å²) in [5.41, 5.74) is 0.593. The summed E-state index contributed by atoms with van der Waals surface area (Å²) >= 11 is 12.4. The topological polar surface area (TPSA) is 14.2 Å². The third kappa shape index (κ3) is 4.82. The SMILES string of the molecule is C[Si](C)(C)CCOCn1ccc(Cl)c1-c1c(Cl)cccc1C(F)F. The van der Waals surface area contributed by atoms with Crippen molar-refractivity contribution in [3.05, 3.63) is 46.1 Å². The maximum absolute atomic E-state index is 13.4. The van der Waals surface area contributed by atoms with Gasteiger partial charge in [-0.1, -0.05) is 55.0 Å². The summed E-state index contributed by atoms with van der Waals surface area (Å²) in [5.74, 6) is 0. The molecule has 2 aromatic rings. The van der Waals surface area contributed by atoms with E-state index >= 15 is 0 Å². The second-order valence-electron chi connectivity index (χ2n) is 6.83. The molecule has 0 spiro atoms. The van der Waals surface area contributed by atoms with Gasteiger partial charge in [0.05, 0.1) is 15.7 Å². The molecule has 0 radical (unpaired) electrons. The van der Waals surface area contributed by atoms with Crippen LogP contribution in [0.3, 0.4) is 0 Å². The van der Waals surface area contributed by atoms with E-state index in [0.717, 1.165) is 6.04 Å². The summed E-state index contributed by atoms with van der Waals surface area (Å²) in [7, 11) is -1.18. The van der Waals surface area contributed by atoms with E-state index in [1.54, 1.807) is 22.9 Å². The molecule has 132 valence electrons. The second kappa shape index (κ2) is 8.00. The van der Waals surface area contributed by atoms with Gasteiger partial charge in [-0.15, -0.1) is 0 Å². The van der Waals surface area contributed by atoms with Crippen LogP contribution in [-0.4, -0.2) is 19.2 Å². The normalized spacial score (nSPS) is 12.2. The molecular weight excluding hydrogens is 371 g/mol. The van der Waals surface area contributed by atoms with Crippen molar-refractivity contribution in [1.82, 2.24) is 4.57 Å². The monoisotopic (exact) mass is 391 g/mol. The number of hydrogen-bond acceptors (Lipinski definition) is 1. The molecule has 0 atom stereocenters. The van der Waals surface area contributed by atoms with Gasteiger partial charge in [0.15, 0.2) is 0 Å². The highest BCUT2D eigenvalue weighted by Crippen LogP contribution is 2.40. The molecule has 0 bridgehead atoms. The number of benzene rings is 1. The van der Waals surface area contributed by atoms with Crippen LogP contribution in [0, 0.1) is 0 Å².